The van der Waals surface area contributed by atoms with Crippen molar-refractivity contribution >= 4 is 0 Å². The van der Waals surface area contributed by atoms with Gasteiger partial charge in [0.05, 0.1) is 19.3 Å². The summed E-state index contributed by atoms with van der Waals surface area (Å²) in [6.45, 7) is 1.46. The minimum Gasteiger partial charge on any atom is -0.465 e. The summed E-state index contributed by atoms with van der Waals surface area (Å²) in [5.41, 5.74) is 2.57. The Morgan fingerprint density at radius 3 is 3.00 bits per heavy atom. The van der Waals surface area contributed by atoms with E-state index in [0.717, 1.165) is 37.4 Å². The Bertz CT molecular complexity index is 354. The average molecular weight is 194 g/mol. The fourth-order valence-electron chi connectivity index (χ4n) is 2.40. The fourth-order valence-corrected chi connectivity index (χ4v) is 2.40. The van der Waals surface area contributed by atoms with E-state index in [1.54, 1.807) is 0 Å². The van der Waals surface area contributed by atoms with Gasteiger partial charge in [0.15, 0.2) is 0 Å². The van der Waals surface area contributed by atoms with Crippen LogP contribution in [0.1, 0.15) is 29.1 Å². The van der Waals surface area contributed by atoms with Crippen LogP contribution in [0.3, 0.4) is 0 Å². The van der Waals surface area contributed by atoms with Crippen LogP contribution in [0.2, 0.25) is 0 Å². The zero-order valence-electron chi connectivity index (χ0n) is 8.08. The number of rotatable bonds is 0. The van der Waals surface area contributed by atoms with Gasteiger partial charge in [-0.05, 0) is 18.4 Å². The third-order valence-electron chi connectivity index (χ3n) is 3.15. The highest BCUT2D eigenvalue weighted by Gasteiger charge is 2.27. The molecule has 0 fully saturated rings. The van der Waals surface area contributed by atoms with E-state index in [2.05, 4.69) is 0 Å². The van der Waals surface area contributed by atoms with E-state index in [9.17, 15) is 5.11 Å². The molecular weight excluding hydrogens is 180 g/mol. The van der Waals surface area contributed by atoms with Crippen molar-refractivity contribution < 1.29 is 14.3 Å². The van der Waals surface area contributed by atoms with Gasteiger partial charge in [-0.15, -0.1) is 0 Å². The molecule has 1 atom stereocenters. The highest BCUT2D eigenvalue weighted by molar-refractivity contribution is 5.36. The highest BCUT2D eigenvalue weighted by Crippen LogP contribution is 2.32. The van der Waals surface area contributed by atoms with Gasteiger partial charge >= 0.3 is 0 Å². The van der Waals surface area contributed by atoms with Crippen LogP contribution in [-0.4, -0.2) is 17.8 Å². The van der Waals surface area contributed by atoms with Crippen LogP contribution in [0.4, 0.5) is 0 Å². The maximum atomic E-state index is 9.53. The van der Waals surface area contributed by atoms with Gasteiger partial charge in [-0.2, -0.15) is 0 Å². The molecule has 3 heteroatoms. The third kappa shape index (κ3) is 1.20. The first kappa shape index (κ1) is 8.50. The molecule has 2 aliphatic rings. The van der Waals surface area contributed by atoms with Gasteiger partial charge in [0.2, 0.25) is 0 Å². The Labute approximate surface area is 82.7 Å². The summed E-state index contributed by atoms with van der Waals surface area (Å²) in [7, 11) is 0. The van der Waals surface area contributed by atoms with Crippen LogP contribution < -0.4 is 0 Å². The van der Waals surface area contributed by atoms with Crippen molar-refractivity contribution in [2.75, 3.05) is 6.61 Å². The molecule has 3 rings (SSSR count). The van der Waals surface area contributed by atoms with Gasteiger partial charge in [-0.1, -0.05) is 0 Å². The molecule has 1 aliphatic carbocycles. The van der Waals surface area contributed by atoms with E-state index in [4.69, 9.17) is 9.15 Å². The second kappa shape index (κ2) is 3.11. The molecule has 1 aliphatic heterocycles. The van der Waals surface area contributed by atoms with Crippen LogP contribution in [-0.2, 0) is 30.6 Å². The molecule has 0 amide bonds. The number of fused-ring (bicyclic) bond motifs is 3. The van der Waals surface area contributed by atoms with Gasteiger partial charge in [0.1, 0.15) is 11.5 Å². The standard InChI is InChI=1S/C11H14O3/c12-7-1-2-8-9-6-13-4-3-10(9)14-11(8)5-7/h7,12H,1-6H2. The van der Waals surface area contributed by atoms with Crippen LogP contribution in [0.5, 0.6) is 0 Å². The summed E-state index contributed by atoms with van der Waals surface area (Å²) in [4.78, 5) is 0. The average Bonchev–Trinajstić information content (AvgIpc) is 2.54. The Hall–Kier alpha value is -0.800. The second-order valence-corrected chi connectivity index (χ2v) is 4.10. The third-order valence-corrected chi connectivity index (χ3v) is 3.15. The Kier molecular flexibility index (Phi) is 1.89. The maximum absolute atomic E-state index is 9.53. The zero-order valence-corrected chi connectivity index (χ0v) is 8.08. The van der Waals surface area contributed by atoms with Crippen molar-refractivity contribution in [1.82, 2.24) is 0 Å². The number of hydrogen-bond acceptors (Lipinski definition) is 3. The van der Waals surface area contributed by atoms with Crippen molar-refractivity contribution in [2.24, 2.45) is 0 Å². The van der Waals surface area contributed by atoms with E-state index in [1.165, 1.54) is 11.1 Å². The van der Waals surface area contributed by atoms with Crippen molar-refractivity contribution in [2.45, 2.75) is 38.4 Å². The lowest BCUT2D eigenvalue weighted by Crippen LogP contribution is -2.18. The first-order chi connectivity index (χ1) is 6.84. The maximum Gasteiger partial charge on any atom is 0.112 e. The van der Waals surface area contributed by atoms with Gasteiger partial charge < -0.3 is 14.3 Å². The molecule has 76 valence electrons. The smallest absolute Gasteiger partial charge is 0.112 e. The molecule has 14 heavy (non-hydrogen) atoms. The molecular formula is C11H14O3. The number of ether oxygens (including phenoxy) is 1. The zero-order chi connectivity index (χ0) is 9.54. The lowest BCUT2D eigenvalue weighted by Gasteiger charge is -2.17. The molecule has 0 spiro atoms. The summed E-state index contributed by atoms with van der Waals surface area (Å²) < 4.78 is 11.2. The van der Waals surface area contributed by atoms with Crippen LogP contribution >= 0.6 is 0 Å². The van der Waals surface area contributed by atoms with E-state index in [0.29, 0.717) is 13.0 Å². The SMILES string of the molecule is OC1CCc2c(oc3c2COCC3)C1. The van der Waals surface area contributed by atoms with E-state index < -0.39 is 0 Å². The number of furan rings is 1. The lowest BCUT2D eigenvalue weighted by atomic mass is 9.92. The normalized spacial score (nSPS) is 25.6. The first-order valence-corrected chi connectivity index (χ1v) is 5.22. The van der Waals surface area contributed by atoms with E-state index >= 15 is 0 Å². The van der Waals surface area contributed by atoms with Crippen LogP contribution in [0, 0.1) is 0 Å². The first-order valence-electron chi connectivity index (χ1n) is 5.22. The van der Waals surface area contributed by atoms with Crippen LogP contribution in [0.15, 0.2) is 4.42 Å². The Balaban J connectivity index is 2.04. The summed E-state index contributed by atoms with van der Waals surface area (Å²) in [5.74, 6) is 2.09. The van der Waals surface area contributed by atoms with Gasteiger partial charge in [0.25, 0.3) is 0 Å². The number of hydrogen-bond donors (Lipinski definition) is 1. The van der Waals surface area contributed by atoms with E-state index in [1.807, 2.05) is 0 Å². The van der Waals surface area contributed by atoms with Gasteiger partial charge in [0, 0.05) is 18.4 Å². The number of aliphatic hydroxyl groups excluding tert-OH is 1. The van der Waals surface area contributed by atoms with Crippen molar-refractivity contribution in [3.8, 4) is 0 Å². The molecule has 0 bridgehead atoms. The monoisotopic (exact) mass is 194 g/mol. The summed E-state index contributed by atoms with van der Waals surface area (Å²) in [6.07, 6.45) is 3.16. The van der Waals surface area contributed by atoms with Gasteiger partial charge in [-0.3, -0.25) is 0 Å². The molecule has 0 saturated carbocycles. The molecule has 0 saturated heterocycles. The summed E-state index contributed by atoms with van der Waals surface area (Å²) >= 11 is 0. The molecule has 1 unspecified atom stereocenters. The predicted molar refractivity (Wildman–Crippen MR) is 50.1 cm³/mol. The lowest BCUT2D eigenvalue weighted by molar-refractivity contribution is 0.103. The molecule has 0 aromatic carbocycles. The quantitative estimate of drug-likeness (QED) is 0.674. The van der Waals surface area contributed by atoms with Gasteiger partial charge in [-0.25, -0.2) is 0 Å². The number of aliphatic hydroxyl groups is 1. The van der Waals surface area contributed by atoms with Crippen LogP contribution in [0.25, 0.3) is 0 Å². The Morgan fingerprint density at radius 1 is 1.14 bits per heavy atom. The summed E-state index contributed by atoms with van der Waals surface area (Å²) in [6, 6.07) is 0. The Morgan fingerprint density at radius 2 is 2.07 bits per heavy atom. The fraction of sp³-hybridized carbons (Fsp3) is 0.636. The molecule has 0 radical (unpaired) electrons. The summed E-state index contributed by atoms with van der Waals surface area (Å²) in [5, 5.41) is 9.53. The molecule has 1 aromatic heterocycles. The minimum absolute atomic E-state index is 0.212. The molecule has 3 nitrogen and oxygen atoms in total. The molecule has 1 N–H and O–H groups in total. The van der Waals surface area contributed by atoms with Crippen molar-refractivity contribution in [3.05, 3.63) is 22.6 Å². The van der Waals surface area contributed by atoms with E-state index in [-0.39, 0.29) is 6.10 Å². The minimum atomic E-state index is -0.212. The highest BCUT2D eigenvalue weighted by atomic mass is 16.5. The largest absolute Gasteiger partial charge is 0.465 e. The molecule has 2 heterocycles. The van der Waals surface area contributed by atoms with Crippen molar-refractivity contribution in [3.63, 3.8) is 0 Å². The molecule has 1 aromatic rings. The predicted octanol–water partition coefficient (Wildman–Crippen LogP) is 1.20. The topological polar surface area (TPSA) is 42.6 Å². The second-order valence-electron chi connectivity index (χ2n) is 4.10. The van der Waals surface area contributed by atoms with Crippen molar-refractivity contribution in [1.29, 1.82) is 0 Å².